The summed E-state index contributed by atoms with van der Waals surface area (Å²) in [5, 5.41) is 4.07. The maximum atomic E-state index is 6.12. The van der Waals surface area contributed by atoms with Gasteiger partial charge in [-0.3, -0.25) is 0 Å². The molecule has 0 aliphatic carbocycles. The molecule has 0 aliphatic heterocycles. The van der Waals surface area contributed by atoms with Gasteiger partial charge in [0.25, 0.3) is 0 Å². The number of halogens is 2. The third kappa shape index (κ3) is 4.22. The first kappa shape index (κ1) is 16.3. The van der Waals surface area contributed by atoms with Gasteiger partial charge in [0.15, 0.2) is 0 Å². The Morgan fingerprint density at radius 1 is 1.19 bits per heavy atom. The highest BCUT2D eigenvalue weighted by Crippen LogP contribution is 2.31. The van der Waals surface area contributed by atoms with Crippen LogP contribution in [0.1, 0.15) is 30.5 Å². The molecule has 2 aromatic rings. The number of nitrogens with one attached hydrogen (secondary N) is 1. The fourth-order valence-electron chi connectivity index (χ4n) is 2.21. The first-order valence-electron chi connectivity index (χ1n) is 7.00. The number of hydrogen-bond donors (Lipinski definition) is 1. The lowest BCUT2D eigenvalue weighted by Gasteiger charge is -2.19. The summed E-state index contributed by atoms with van der Waals surface area (Å²) >= 11 is 9.71. The van der Waals surface area contributed by atoms with Crippen LogP contribution in [0.15, 0.2) is 46.9 Å². The van der Waals surface area contributed by atoms with Crippen LogP contribution in [0.4, 0.5) is 0 Å². The molecule has 2 aromatic carbocycles. The molecular weight excluding hydrogens is 350 g/mol. The molecule has 1 unspecified atom stereocenters. The molecule has 21 heavy (non-hydrogen) atoms. The molecule has 0 aliphatic rings. The summed E-state index contributed by atoms with van der Waals surface area (Å²) in [4.78, 5) is 0. The highest BCUT2D eigenvalue weighted by atomic mass is 79.9. The zero-order valence-electron chi connectivity index (χ0n) is 12.2. The second kappa shape index (κ2) is 7.83. The van der Waals surface area contributed by atoms with Crippen LogP contribution in [0.25, 0.3) is 0 Å². The normalized spacial score (nSPS) is 12.2. The van der Waals surface area contributed by atoms with Crippen molar-refractivity contribution in [2.45, 2.75) is 19.4 Å². The van der Waals surface area contributed by atoms with Crippen LogP contribution >= 0.6 is 27.5 Å². The highest BCUT2D eigenvalue weighted by Gasteiger charge is 2.15. The van der Waals surface area contributed by atoms with E-state index in [0.717, 1.165) is 33.8 Å². The summed E-state index contributed by atoms with van der Waals surface area (Å²) < 4.78 is 6.66. The minimum Gasteiger partial charge on any atom is -0.494 e. The van der Waals surface area contributed by atoms with Crippen molar-refractivity contribution < 1.29 is 4.74 Å². The summed E-state index contributed by atoms with van der Waals surface area (Å²) in [5.41, 5.74) is 2.29. The van der Waals surface area contributed by atoms with Crippen LogP contribution in [0.2, 0.25) is 5.02 Å². The Morgan fingerprint density at radius 3 is 2.52 bits per heavy atom. The van der Waals surface area contributed by atoms with Crippen molar-refractivity contribution >= 4 is 27.5 Å². The summed E-state index contributed by atoms with van der Waals surface area (Å²) in [6, 6.07) is 14.1. The number of hydrogen-bond acceptors (Lipinski definition) is 2. The Bertz CT molecular complexity index is 586. The zero-order valence-corrected chi connectivity index (χ0v) is 14.5. The van der Waals surface area contributed by atoms with Crippen LogP contribution < -0.4 is 10.1 Å². The van der Waals surface area contributed by atoms with Gasteiger partial charge in [-0.25, -0.2) is 0 Å². The minimum absolute atomic E-state index is 0.0818. The molecule has 4 heteroatoms. The third-order valence-electron chi connectivity index (χ3n) is 3.24. The minimum atomic E-state index is 0.0818. The molecule has 0 spiro atoms. The Kier molecular flexibility index (Phi) is 6.09. The van der Waals surface area contributed by atoms with E-state index in [-0.39, 0.29) is 6.04 Å². The van der Waals surface area contributed by atoms with Gasteiger partial charge < -0.3 is 10.1 Å². The molecule has 2 rings (SSSR count). The lowest BCUT2D eigenvalue weighted by atomic mass is 9.99. The topological polar surface area (TPSA) is 21.3 Å². The monoisotopic (exact) mass is 367 g/mol. The molecule has 0 fully saturated rings. The van der Waals surface area contributed by atoms with E-state index in [9.17, 15) is 0 Å². The molecule has 1 N–H and O–H groups in total. The van der Waals surface area contributed by atoms with Crippen LogP contribution in [-0.4, -0.2) is 13.7 Å². The van der Waals surface area contributed by atoms with Gasteiger partial charge in [0.05, 0.1) is 12.6 Å². The second-order valence-electron chi connectivity index (χ2n) is 4.81. The predicted molar refractivity (Wildman–Crippen MR) is 92.3 cm³/mol. The van der Waals surface area contributed by atoms with Crippen molar-refractivity contribution in [3.05, 3.63) is 63.1 Å². The molecule has 0 heterocycles. The SMILES string of the molecule is CCCOc1ccc(C(NC)c2cc(Cl)ccc2Br)cc1. The Labute approximate surface area is 139 Å². The molecule has 1 atom stereocenters. The third-order valence-corrected chi connectivity index (χ3v) is 4.20. The average molecular weight is 369 g/mol. The van der Waals surface area contributed by atoms with Crippen LogP contribution in [0.5, 0.6) is 5.75 Å². The quantitative estimate of drug-likeness (QED) is 0.756. The predicted octanol–water partition coefficient (Wildman–Crippen LogP) is 5.20. The van der Waals surface area contributed by atoms with Crippen molar-refractivity contribution in [3.63, 3.8) is 0 Å². The zero-order chi connectivity index (χ0) is 15.2. The van der Waals surface area contributed by atoms with E-state index in [1.165, 1.54) is 5.56 Å². The van der Waals surface area contributed by atoms with Gasteiger partial charge in [-0.15, -0.1) is 0 Å². The van der Waals surface area contributed by atoms with Crippen molar-refractivity contribution in [1.82, 2.24) is 5.32 Å². The molecule has 2 nitrogen and oxygen atoms in total. The maximum absolute atomic E-state index is 6.12. The summed E-state index contributed by atoms with van der Waals surface area (Å²) in [7, 11) is 1.94. The van der Waals surface area contributed by atoms with Crippen molar-refractivity contribution in [2.24, 2.45) is 0 Å². The first-order valence-corrected chi connectivity index (χ1v) is 8.17. The number of ether oxygens (including phenoxy) is 1. The smallest absolute Gasteiger partial charge is 0.119 e. The van der Waals surface area contributed by atoms with Gasteiger partial charge in [0.2, 0.25) is 0 Å². The highest BCUT2D eigenvalue weighted by molar-refractivity contribution is 9.10. The molecule has 0 aromatic heterocycles. The summed E-state index contributed by atoms with van der Waals surface area (Å²) in [5.74, 6) is 0.903. The van der Waals surface area contributed by atoms with Crippen LogP contribution in [0.3, 0.4) is 0 Å². The van der Waals surface area contributed by atoms with Gasteiger partial charge in [-0.2, -0.15) is 0 Å². The number of rotatable bonds is 6. The molecule has 0 saturated carbocycles. The largest absolute Gasteiger partial charge is 0.494 e. The van der Waals surface area contributed by atoms with Crippen molar-refractivity contribution in [1.29, 1.82) is 0 Å². The lowest BCUT2D eigenvalue weighted by molar-refractivity contribution is 0.317. The fourth-order valence-corrected chi connectivity index (χ4v) is 2.87. The van der Waals surface area contributed by atoms with E-state index < -0.39 is 0 Å². The standard InChI is InChI=1S/C17H19BrClNO/c1-3-10-21-14-7-4-12(5-8-14)17(20-2)15-11-13(19)6-9-16(15)18/h4-9,11,17,20H,3,10H2,1-2H3. The molecule has 112 valence electrons. The first-order chi connectivity index (χ1) is 10.2. The molecule has 0 amide bonds. The van der Waals surface area contributed by atoms with Gasteiger partial charge in [-0.05, 0) is 54.9 Å². The molecule has 0 saturated heterocycles. The van der Waals surface area contributed by atoms with Gasteiger partial charge in [0, 0.05) is 9.50 Å². The second-order valence-corrected chi connectivity index (χ2v) is 6.10. The van der Waals surface area contributed by atoms with Crippen LogP contribution in [-0.2, 0) is 0 Å². The van der Waals surface area contributed by atoms with E-state index in [1.807, 2.05) is 37.4 Å². The van der Waals surface area contributed by atoms with E-state index in [0.29, 0.717) is 0 Å². The molecule has 0 bridgehead atoms. The molecular formula is C17H19BrClNO. The number of benzene rings is 2. The van der Waals surface area contributed by atoms with Gasteiger partial charge in [-0.1, -0.05) is 46.6 Å². The Balaban J connectivity index is 2.26. The van der Waals surface area contributed by atoms with E-state index >= 15 is 0 Å². The molecule has 0 radical (unpaired) electrons. The van der Waals surface area contributed by atoms with Crippen molar-refractivity contribution in [2.75, 3.05) is 13.7 Å². The van der Waals surface area contributed by atoms with E-state index in [2.05, 4.69) is 40.3 Å². The average Bonchev–Trinajstić information content (AvgIpc) is 2.50. The van der Waals surface area contributed by atoms with Gasteiger partial charge >= 0.3 is 0 Å². The van der Waals surface area contributed by atoms with E-state index in [4.69, 9.17) is 16.3 Å². The van der Waals surface area contributed by atoms with Crippen molar-refractivity contribution in [3.8, 4) is 5.75 Å². The van der Waals surface area contributed by atoms with E-state index in [1.54, 1.807) is 0 Å². The Morgan fingerprint density at radius 2 is 1.90 bits per heavy atom. The maximum Gasteiger partial charge on any atom is 0.119 e. The summed E-state index contributed by atoms with van der Waals surface area (Å²) in [6.45, 7) is 2.84. The Hall–Kier alpha value is -1.03. The van der Waals surface area contributed by atoms with Gasteiger partial charge in [0.1, 0.15) is 5.75 Å². The van der Waals surface area contributed by atoms with Crippen LogP contribution in [0, 0.1) is 0 Å². The lowest BCUT2D eigenvalue weighted by Crippen LogP contribution is -2.18. The fraction of sp³-hybridized carbons (Fsp3) is 0.294. The summed E-state index contributed by atoms with van der Waals surface area (Å²) in [6.07, 6.45) is 1.01.